The molecule has 0 heterocycles. The van der Waals surface area contributed by atoms with Crippen LogP contribution in [0.5, 0.6) is 11.5 Å². The average Bonchev–Trinajstić information content (AvgIpc) is 2.61. The van der Waals surface area contributed by atoms with Crippen molar-refractivity contribution in [1.82, 2.24) is 10.6 Å². The number of benzene rings is 1. The maximum atomic E-state index is 12.5. The van der Waals surface area contributed by atoms with E-state index in [1.54, 1.807) is 12.1 Å². The van der Waals surface area contributed by atoms with Gasteiger partial charge in [-0.25, -0.2) is 4.99 Å². The molecule has 1 aromatic carbocycles. The zero-order chi connectivity index (χ0) is 20.1. The number of ether oxygens (including phenoxy) is 3. The fourth-order valence-electron chi connectivity index (χ4n) is 2.22. The summed E-state index contributed by atoms with van der Waals surface area (Å²) in [5, 5.41) is 6.38. The van der Waals surface area contributed by atoms with Gasteiger partial charge < -0.3 is 24.8 Å². The molecule has 0 amide bonds. The Bertz CT molecular complexity index is 569. The Morgan fingerprint density at radius 3 is 2.59 bits per heavy atom. The molecule has 0 atom stereocenters. The molecule has 0 aliphatic rings. The number of alkyl halides is 2. The normalized spacial score (nSPS) is 11.8. The van der Waals surface area contributed by atoms with Gasteiger partial charge >= 0.3 is 6.61 Å². The summed E-state index contributed by atoms with van der Waals surface area (Å²) in [6, 6.07) is 4.87. The molecule has 0 radical (unpaired) electrons. The summed E-state index contributed by atoms with van der Waals surface area (Å²) >= 11 is 0. The molecule has 0 fully saturated rings. The minimum atomic E-state index is -2.91. The number of halogens is 2. The standard InChI is InChI=1S/C19H31F2N3O3/c1-5-22-19(23-9-6-10-26-13-14(2)3)24-12-15-7-8-16(25-4)17(11-15)27-18(20)21/h7-8,11,14,18H,5-6,9-10,12-13H2,1-4H3,(H2,22,23,24). The van der Waals surface area contributed by atoms with E-state index in [1.165, 1.54) is 13.2 Å². The van der Waals surface area contributed by atoms with Crippen LogP contribution < -0.4 is 20.1 Å². The lowest BCUT2D eigenvalue weighted by atomic mass is 10.2. The molecule has 0 saturated carbocycles. The first kappa shape index (κ1) is 23.0. The van der Waals surface area contributed by atoms with E-state index in [4.69, 9.17) is 9.47 Å². The molecule has 0 aliphatic heterocycles. The molecule has 0 unspecified atom stereocenters. The molecule has 0 bridgehead atoms. The van der Waals surface area contributed by atoms with Crippen molar-refractivity contribution in [3.05, 3.63) is 23.8 Å². The Kier molecular flexibility index (Phi) is 11.2. The first-order valence-electron chi connectivity index (χ1n) is 9.17. The molecule has 154 valence electrons. The van der Waals surface area contributed by atoms with E-state index in [-0.39, 0.29) is 11.5 Å². The van der Waals surface area contributed by atoms with Crippen LogP contribution in [0.1, 0.15) is 32.8 Å². The Morgan fingerprint density at radius 2 is 1.96 bits per heavy atom. The summed E-state index contributed by atoms with van der Waals surface area (Å²) in [6.45, 7) is 6.52. The van der Waals surface area contributed by atoms with Crippen LogP contribution >= 0.6 is 0 Å². The Labute approximate surface area is 160 Å². The zero-order valence-electron chi connectivity index (χ0n) is 16.6. The second-order valence-corrected chi connectivity index (χ2v) is 6.31. The summed E-state index contributed by atoms with van der Waals surface area (Å²) in [7, 11) is 1.41. The van der Waals surface area contributed by atoms with E-state index in [0.717, 1.165) is 31.7 Å². The lowest BCUT2D eigenvalue weighted by Crippen LogP contribution is -2.38. The maximum absolute atomic E-state index is 12.5. The van der Waals surface area contributed by atoms with Crippen molar-refractivity contribution >= 4 is 5.96 Å². The van der Waals surface area contributed by atoms with Gasteiger partial charge in [-0.1, -0.05) is 19.9 Å². The topological polar surface area (TPSA) is 64.1 Å². The van der Waals surface area contributed by atoms with Crippen LogP contribution in [0.3, 0.4) is 0 Å². The van der Waals surface area contributed by atoms with Crippen molar-refractivity contribution in [2.45, 2.75) is 40.3 Å². The second kappa shape index (κ2) is 13.1. The van der Waals surface area contributed by atoms with E-state index in [2.05, 4.69) is 34.2 Å². The number of rotatable bonds is 12. The average molecular weight is 387 g/mol. The Balaban J connectivity index is 2.58. The van der Waals surface area contributed by atoms with Gasteiger partial charge in [0.15, 0.2) is 17.5 Å². The summed E-state index contributed by atoms with van der Waals surface area (Å²) in [5.41, 5.74) is 0.740. The molecule has 6 nitrogen and oxygen atoms in total. The van der Waals surface area contributed by atoms with Crippen LogP contribution in [-0.2, 0) is 11.3 Å². The minimum absolute atomic E-state index is 0.000427. The van der Waals surface area contributed by atoms with Gasteiger partial charge in [0.05, 0.1) is 13.7 Å². The van der Waals surface area contributed by atoms with Crippen molar-refractivity contribution < 1.29 is 23.0 Å². The van der Waals surface area contributed by atoms with Gasteiger partial charge in [-0.05, 0) is 37.0 Å². The highest BCUT2D eigenvalue weighted by molar-refractivity contribution is 5.79. The third-order valence-corrected chi connectivity index (χ3v) is 3.42. The number of methoxy groups -OCH3 is 1. The SMILES string of the molecule is CCNC(=NCc1ccc(OC)c(OC(F)F)c1)NCCCOCC(C)C. The van der Waals surface area contributed by atoms with Gasteiger partial charge in [-0.15, -0.1) is 0 Å². The third-order valence-electron chi connectivity index (χ3n) is 3.42. The predicted molar refractivity (Wildman–Crippen MR) is 103 cm³/mol. The number of nitrogens with one attached hydrogen (secondary N) is 2. The molecule has 0 aliphatic carbocycles. The molecule has 8 heteroatoms. The third kappa shape index (κ3) is 9.98. The molecule has 1 aromatic rings. The number of aliphatic imine (C=N–C) groups is 1. The summed E-state index contributed by atoms with van der Waals surface area (Å²) in [6.07, 6.45) is 0.867. The first-order chi connectivity index (χ1) is 13.0. The molecule has 27 heavy (non-hydrogen) atoms. The quantitative estimate of drug-likeness (QED) is 0.327. The van der Waals surface area contributed by atoms with E-state index < -0.39 is 6.61 Å². The Hall–Kier alpha value is -2.09. The van der Waals surface area contributed by atoms with Gasteiger partial charge in [0.2, 0.25) is 0 Å². The fraction of sp³-hybridized carbons (Fsp3) is 0.632. The van der Waals surface area contributed by atoms with E-state index >= 15 is 0 Å². The van der Waals surface area contributed by atoms with Crippen molar-refractivity contribution in [2.75, 3.05) is 33.4 Å². The monoisotopic (exact) mass is 387 g/mol. The Morgan fingerprint density at radius 1 is 1.19 bits per heavy atom. The largest absolute Gasteiger partial charge is 0.493 e. The highest BCUT2D eigenvalue weighted by atomic mass is 19.3. The van der Waals surface area contributed by atoms with Crippen molar-refractivity contribution in [2.24, 2.45) is 10.9 Å². The molecule has 0 aromatic heterocycles. The fourth-order valence-corrected chi connectivity index (χ4v) is 2.22. The highest BCUT2D eigenvalue weighted by Crippen LogP contribution is 2.29. The predicted octanol–water partition coefficient (Wildman–Crippen LogP) is 3.41. The van der Waals surface area contributed by atoms with E-state index in [1.807, 2.05) is 6.92 Å². The molecular formula is C19H31F2N3O3. The summed E-state index contributed by atoms with van der Waals surface area (Å²) < 4.78 is 40.1. The summed E-state index contributed by atoms with van der Waals surface area (Å²) in [4.78, 5) is 4.48. The lowest BCUT2D eigenvalue weighted by molar-refractivity contribution is -0.0512. The smallest absolute Gasteiger partial charge is 0.387 e. The van der Waals surface area contributed by atoms with Gasteiger partial charge in [0.1, 0.15) is 0 Å². The van der Waals surface area contributed by atoms with Crippen LogP contribution in [0.15, 0.2) is 23.2 Å². The number of hydrogen-bond donors (Lipinski definition) is 2. The number of nitrogens with zero attached hydrogens (tertiary/aromatic N) is 1. The molecule has 0 saturated heterocycles. The molecule has 1 rings (SSSR count). The second-order valence-electron chi connectivity index (χ2n) is 6.31. The van der Waals surface area contributed by atoms with Crippen LogP contribution in [0.4, 0.5) is 8.78 Å². The van der Waals surface area contributed by atoms with Crippen molar-refractivity contribution in [3.63, 3.8) is 0 Å². The van der Waals surface area contributed by atoms with Gasteiger partial charge in [-0.2, -0.15) is 8.78 Å². The zero-order valence-corrected chi connectivity index (χ0v) is 16.6. The number of hydrogen-bond acceptors (Lipinski definition) is 4. The van der Waals surface area contributed by atoms with E-state index in [9.17, 15) is 8.78 Å². The van der Waals surface area contributed by atoms with Gasteiger partial charge in [0, 0.05) is 26.3 Å². The first-order valence-corrected chi connectivity index (χ1v) is 9.17. The minimum Gasteiger partial charge on any atom is -0.493 e. The molecule has 0 spiro atoms. The van der Waals surface area contributed by atoms with Crippen LogP contribution in [0.2, 0.25) is 0 Å². The molecule has 2 N–H and O–H groups in total. The maximum Gasteiger partial charge on any atom is 0.387 e. The molecular weight excluding hydrogens is 356 g/mol. The van der Waals surface area contributed by atoms with Crippen LogP contribution in [0, 0.1) is 5.92 Å². The van der Waals surface area contributed by atoms with Crippen LogP contribution in [0.25, 0.3) is 0 Å². The van der Waals surface area contributed by atoms with Crippen molar-refractivity contribution in [1.29, 1.82) is 0 Å². The van der Waals surface area contributed by atoms with Crippen LogP contribution in [-0.4, -0.2) is 46.0 Å². The lowest BCUT2D eigenvalue weighted by Gasteiger charge is -2.13. The number of guanidine groups is 1. The highest BCUT2D eigenvalue weighted by Gasteiger charge is 2.11. The summed E-state index contributed by atoms with van der Waals surface area (Å²) in [5.74, 6) is 1.45. The van der Waals surface area contributed by atoms with E-state index in [0.29, 0.717) is 25.0 Å². The van der Waals surface area contributed by atoms with Gasteiger partial charge in [0.25, 0.3) is 0 Å². The van der Waals surface area contributed by atoms with Gasteiger partial charge in [-0.3, -0.25) is 0 Å². The van der Waals surface area contributed by atoms with Crippen molar-refractivity contribution in [3.8, 4) is 11.5 Å².